The predicted molar refractivity (Wildman–Crippen MR) is 82.4 cm³/mol. The molecule has 0 atom stereocenters. The molecule has 1 aromatic rings. The van der Waals surface area contributed by atoms with E-state index in [1.165, 1.54) is 37.7 Å². The van der Waals surface area contributed by atoms with Gasteiger partial charge in [-0.3, -0.25) is 0 Å². The lowest BCUT2D eigenvalue weighted by Gasteiger charge is -2.28. The molecule has 1 N–H and O–H groups in total. The Morgan fingerprint density at radius 1 is 1.00 bits per heavy atom. The predicted octanol–water partition coefficient (Wildman–Crippen LogP) is 3.76. The summed E-state index contributed by atoms with van der Waals surface area (Å²) in [5.74, 6) is 2.66. The minimum atomic E-state index is 0.662. The molecule has 0 unspecified atom stereocenters. The molecule has 1 aliphatic rings. The van der Waals surface area contributed by atoms with Gasteiger partial charge in [0.1, 0.15) is 11.5 Å². The van der Waals surface area contributed by atoms with E-state index in [4.69, 9.17) is 9.47 Å². The Hall–Kier alpha value is -1.22. The van der Waals surface area contributed by atoms with Gasteiger partial charge in [0.15, 0.2) is 0 Å². The molecule has 0 heterocycles. The van der Waals surface area contributed by atoms with Crippen molar-refractivity contribution in [1.29, 1.82) is 0 Å². The first kappa shape index (κ1) is 15.2. The van der Waals surface area contributed by atoms with Crippen LogP contribution in [-0.4, -0.2) is 20.3 Å². The van der Waals surface area contributed by atoms with Crippen molar-refractivity contribution in [2.75, 3.05) is 14.2 Å². The van der Waals surface area contributed by atoms with Crippen LogP contribution in [0, 0.1) is 5.92 Å². The van der Waals surface area contributed by atoms with Crippen LogP contribution >= 0.6 is 0 Å². The van der Waals surface area contributed by atoms with Crippen molar-refractivity contribution in [2.45, 2.75) is 51.6 Å². The zero-order chi connectivity index (χ0) is 14.4. The minimum absolute atomic E-state index is 0.662. The molecule has 1 fully saturated rings. The maximum absolute atomic E-state index is 5.31. The highest BCUT2D eigenvalue weighted by Gasteiger charge is 2.19. The highest BCUT2D eigenvalue weighted by Crippen LogP contribution is 2.27. The summed E-state index contributed by atoms with van der Waals surface area (Å²) in [5.41, 5.74) is 1.22. The third-order valence-electron chi connectivity index (χ3n) is 4.43. The average molecular weight is 277 g/mol. The summed E-state index contributed by atoms with van der Waals surface area (Å²) < 4.78 is 10.6. The molecule has 20 heavy (non-hydrogen) atoms. The highest BCUT2D eigenvalue weighted by molar-refractivity contribution is 5.38. The Labute approximate surface area is 122 Å². The molecule has 0 saturated heterocycles. The first-order chi connectivity index (χ1) is 9.75. The number of benzene rings is 1. The standard InChI is InChI=1S/C17H27NO2/c1-4-13-5-7-15(8-6-13)18-12-14-9-16(19-2)11-17(10-14)20-3/h9-11,13,15,18H,4-8,12H2,1-3H3. The zero-order valence-corrected chi connectivity index (χ0v) is 12.9. The second-order valence-electron chi connectivity index (χ2n) is 5.73. The number of hydrogen-bond acceptors (Lipinski definition) is 3. The molecule has 112 valence electrons. The van der Waals surface area contributed by atoms with Crippen LogP contribution in [0.5, 0.6) is 11.5 Å². The van der Waals surface area contributed by atoms with E-state index >= 15 is 0 Å². The van der Waals surface area contributed by atoms with Crippen molar-refractivity contribution in [1.82, 2.24) is 5.32 Å². The fourth-order valence-corrected chi connectivity index (χ4v) is 3.01. The van der Waals surface area contributed by atoms with E-state index in [2.05, 4.69) is 24.4 Å². The van der Waals surface area contributed by atoms with Crippen LogP contribution in [0.4, 0.5) is 0 Å². The summed E-state index contributed by atoms with van der Waals surface area (Å²) >= 11 is 0. The van der Waals surface area contributed by atoms with Gasteiger partial charge >= 0.3 is 0 Å². The van der Waals surface area contributed by atoms with Crippen LogP contribution in [0.1, 0.15) is 44.6 Å². The monoisotopic (exact) mass is 277 g/mol. The quantitative estimate of drug-likeness (QED) is 0.858. The van der Waals surface area contributed by atoms with Crippen molar-refractivity contribution in [3.63, 3.8) is 0 Å². The van der Waals surface area contributed by atoms with Gasteiger partial charge in [0.2, 0.25) is 0 Å². The Balaban J connectivity index is 1.87. The highest BCUT2D eigenvalue weighted by atomic mass is 16.5. The van der Waals surface area contributed by atoms with Gasteiger partial charge in [0.05, 0.1) is 14.2 Å². The number of methoxy groups -OCH3 is 2. The van der Waals surface area contributed by atoms with Crippen molar-refractivity contribution in [3.8, 4) is 11.5 Å². The van der Waals surface area contributed by atoms with E-state index in [0.29, 0.717) is 6.04 Å². The molecule has 2 rings (SSSR count). The normalized spacial score (nSPS) is 22.6. The van der Waals surface area contributed by atoms with Crippen molar-refractivity contribution < 1.29 is 9.47 Å². The molecule has 1 aliphatic carbocycles. The number of ether oxygens (including phenoxy) is 2. The van der Waals surface area contributed by atoms with Gasteiger partial charge in [-0.25, -0.2) is 0 Å². The molecule has 0 aliphatic heterocycles. The van der Waals surface area contributed by atoms with Crippen molar-refractivity contribution in [2.24, 2.45) is 5.92 Å². The fraction of sp³-hybridized carbons (Fsp3) is 0.647. The SMILES string of the molecule is CCC1CCC(NCc2cc(OC)cc(OC)c2)CC1. The topological polar surface area (TPSA) is 30.5 Å². The van der Waals surface area contributed by atoms with Gasteiger partial charge < -0.3 is 14.8 Å². The molecule has 0 spiro atoms. The Morgan fingerprint density at radius 2 is 1.60 bits per heavy atom. The minimum Gasteiger partial charge on any atom is -0.497 e. The van der Waals surface area contributed by atoms with E-state index in [1.54, 1.807) is 14.2 Å². The third-order valence-corrected chi connectivity index (χ3v) is 4.43. The number of rotatable bonds is 6. The van der Waals surface area contributed by atoms with Gasteiger partial charge in [-0.2, -0.15) is 0 Å². The molecular weight excluding hydrogens is 250 g/mol. The lowest BCUT2D eigenvalue weighted by Crippen LogP contribution is -2.32. The van der Waals surface area contributed by atoms with E-state index in [-0.39, 0.29) is 0 Å². The second-order valence-corrected chi connectivity index (χ2v) is 5.73. The summed E-state index contributed by atoms with van der Waals surface area (Å²) in [4.78, 5) is 0. The van der Waals surface area contributed by atoms with Crippen LogP contribution in [0.15, 0.2) is 18.2 Å². The van der Waals surface area contributed by atoms with Crippen LogP contribution in [0.2, 0.25) is 0 Å². The lowest BCUT2D eigenvalue weighted by atomic mass is 9.84. The first-order valence-electron chi connectivity index (χ1n) is 7.70. The van der Waals surface area contributed by atoms with Crippen LogP contribution in [-0.2, 0) is 6.54 Å². The molecular formula is C17H27NO2. The second kappa shape index (κ2) is 7.53. The van der Waals surface area contributed by atoms with Gasteiger partial charge in [-0.1, -0.05) is 13.3 Å². The van der Waals surface area contributed by atoms with Crippen LogP contribution in [0.3, 0.4) is 0 Å². The average Bonchev–Trinajstić information content (AvgIpc) is 2.53. The van der Waals surface area contributed by atoms with E-state index in [1.807, 2.05) is 6.07 Å². The van der Waals surface area contributed by atoms with E-state index in [9.17, 15) is 0 Å². The van der Waals surface area contributed by atoms with Crippen LogP contribution in [0.25, 0.3) is 0 Å². The molecule has 1 saturated carbocycles. The summed E-state index contributed by atoms with van der Waals surface area (Å²) in [7, 11) is 3.38. The Morgan fingerprint density at radius 3 is 2.10 bits per heavy atom. The maximum Gasteiger partial charge on any atom is 0.122 e. The molecule has 0 radical (unpaired) electrons. The first-order valence-corrected chi connectivity index (χ1v) is 7.70. The van der Waals surface area contributed by atoms with Crippen molar-refractivity contribution >= 4 is 0 Å². The molecule has 0 aromatic heterocycles. The molecule has 0 bridgehead atoms. The smallest absolute Gasteiger partial charge is 0.122 e. The summed E-state index contributed by atoms with van der Waals surface area (Å²) in [6.45, 7) is 3.19. The zero-order valence-electron chi connectivity index (χ0n) is 12.9. The van der Waals surface area contributed by atoms with E-state index < -0.39 is 0 Å². The molecule has 1 aromatic carbocycles. The summed E-state index contributed by atoms with van der Waals surface area (Å²) in [6.07, 6.45) is 6.68. The molecule has 3 heteroatoms. The summed E-state index contributed by atoms with van der Waals surface area (Å²) in [5, 5.41) is 3.67. The number of nitrogens with one attached hydrogen (secondary N) is 1. The lowest BCUT2D eigenvalue weighted by molar-refractivity contribution is 0.285. The Bertz CT molecular complexity index is 389. The van der Waals surface area contributed by atoms with Crippen LogP contribution < -0.4 is 14.8 Å². The summed E-state index contributed by atoms with van der Waals surface area (Å²) in [6, 6.07) is 6.73. The van der Waals surface area contributed by atoms with Gasteiger partial charge in [0, 0.05) is 18.7 Å². The molecule has 3 nitrogen and oxygen atoms in total. The maximum atomic E-state index is 5.31. The largest absolute Gasteiger partial charge is 0.497 e. The molecule has 0 amide bonds. The number of hydrogen-bond donors (Lipinski definition) is 1. The van der Waals surface area contributed by atoms with E-state index in [0.717, 1.165) is 24.0 Å². The fourth-order valence-electron chi connectivity index (χ4n) is 3.01. The third kappa shape index (κ3) is 4.14. The van der Waals surface area contributed by atoms with Crippen molar-refractivity contribution in [3.05, 3.63) is 23.8 Å². The van der Waals surface area contributed by atoms with Gasteiger partial charge in [-0.05, 0) is 49.3 Å². The van der Waals surface area contributed by atoms with Gasteiger partial charge in [0.25, 0.3) is 0 Å². The van der Waals surface area contributed by atoms with Gasteiger partial charge in [-0.15, -0.1) is 0 Å². The Kier molecular flexibility index (Phi) is 5.72.